The number of benzene rings is 2. The van der Waals surface area contributed by atoms with E-state index in [9.17, 15) is 9.18 Å². The summed E-state index contributed by atoms with van der Waals surface area (Å²) in [6.07, 6.45) is 0.764. The van der Waals surface area contributed by atoms with Crippen molar-refractivity contribution in [2.24, 2.45) is 0 Å². The largest absolute Gasteiger partial charge is 0.465 e. The molecule has 0 aromatic heterocycles. The van der Waals surface area contributed by atoms with Crippen molar-refractivity contribution in [2.75, 3.05) is 26.8 Å². The smallest absolute Gasteiger partial charge is 0.337 e. The molecule has 0 N–H and O–H groups in total. The fraction of sp³-hybridized carbons (Fsp3) is 0.350. The van der Waals surface area contributed by atoms with E-state index in [2.05, 4.69) is 4.90 Å². The van der Waals surface area contributed by atoms with Crippen molar-refractivity contribution in [3.63, 3.8) is 0 Å². The summed E-state index contributed by atoms with van der Waals surface area (Å²) in [5, 5.41) is 0. The van der Waals surface area contributed by atoms with Gasteiger partial charge in [0, 0.05) is 19.6 Å². The fourth-order valence-corrected chi connectivity index (χ4v) is 3.10. The van der Waals surface area contributed by atoms with Gasteiger partial charge >= 0.3 is 5.97 Å². The molecule has 3 rings (SSSR count). The molecule has 0 spiro atoms. The summed E-state index contributed by atoms with van der Waals surface area (Å²) < 4.78 is 23.9. The summed E-state index contributed by atoms with van der Waals surface area (Å²) in [5.74, 6) is -0.538. The van der Waals surface area contributed by atoms with Crippen molar-refractivity contribution in [3.05, 3.63) is 71.0 Å². The number of morpholine rings is 1. The quantitative estimate of drug-likeness (QED) is 0.782. The normalized spacial score (nSPS) is 18.1. The number of hydrogen-bond donors (Lipinski definition) is 0. The van der Waals surface area contributed by atoms with Crippen LogP contribution in [0.25, 0.3) is 0 Å². The Balaban J connectivity index is 1.57. The monoisotopic (exact) mass is 343 g/mol. The zero-order valence-corrected chi connectivity index (χ0v) is 14.3. The summed E-state index contributed by atoms with van der Waals surface area (Å²) >= 11 is 0. The van der Waals surface area contributed by atoms with Gasteiger partial charge in [0.25, 0.3) is 0 Å². The van der Waals surface area contributed by atoms with Gasteiger partial charge < -0.3 is 9.47 Å². The van der Waals surface area contributed by atoms with Crippen LogP contribution in [0.3, 0.4) is 0 Å². The second kappa shape index (κ2) is 8.23. The van der Waals surface area contributed by atoms with Gasteiger partial charge in [-0.05, 0) is 41.8 Å². The molecule has 1 atom stereocenters. The maximum absolute atomic E-state index is 13.3. The fourth-order valence-electron chi connectivity index (χ4n) is 3.10. The minimum atomic E-state index is -0.326. The number of methoxy groups -OCH3 is 1. The van der Waals surface area contributed by atoms with Crippen LogP contribution in [0, 0.1) is 5.82 Å². The molecule has 0 radical (unpaired) electrons. The molecule has 1 aliphatic heterocycles. The number of nitrogens with zero attached hydrogens (tertiary/aromatic N) is 1. The van der Waals surface area contributed by atoms with Crippen molar-refractivity contribution in [1.29, 1.82) is 0 Å². The van der Waals surface area contributed by atoms with Gasteiger partial charge in [0.1, 0.15) is 5.82 Å². The third-order valence-electron chi connectivity index (χ3n) is 4.36. The first-order valence-electron chi connectivity index (χ1n) is 8.39. The van der Waals surface area contributed by atoms with Gasteiger partial charge in [0.15, 0.2) is 0 Å². The third-order valence-corrected chi connectivity index (χ3v) is 4.36. The molecule has 1 fully saturated rings. The summed E-state index contributed by atoms with van der Waals surface area (Å²) in [6, 6.07) is 14.1. The Morgan fingerprint density at radius 3 is 2.76 bits per heavy atom. The second-order valence-corrected chi connectivity index (χ2v) is 6.25. The molecule has 0 bridgehead atoms. The summed E-state index contributed by atoms with van der Waals surface area (Å²) in [5.41, 5.74) is 2.64. The highest BCUT2D eigenvalue weighted by molar-refractivity contribution is 5.89. The molecule has 25 heavy (non-hydrogen) atoms. The van der Waals surface area contributed by atoms with Crippen LogP contribution in [0.5, 0.6) is 0 Å². The van der Waals surface area contributed by atoms with E-state index < -0.39 is 0 Å². The number of esters is 1. The van der Waals surface area contributed by atoms with E-state index in [1.165, 1.54) is 13.2 Å². The number of carbonyl (C=O) groups is 1. The van der Waals surface area contributed by atoms with E-state index in [4.69, 9.17) is 9.47 Å². The minimum absolute atomic E-state index is 0.0601. The number of carbonyl (C=O) groups excluding carboxylic acids is 1. The van der Waals surface area contributed by atoms with E-state index in [-0.39, 0.29) is 17.9 Å². The topological polar surface area (TPSA) is 38.8 Å². The van der Waals surface area contributed by atoms with E-state index in [1.807, 2.05) is 18.2 Å². The molecular formula is C20H22FNO3. The van der Waals surface area contributed by atoms with Gasteiger partial charge in [-0.2, -0.15) is 0 Å². The predicted octanol–water partition coefficient (Wildman–Crippen LogP) is 3.06. The highest BCUT2D eigenvalue weighted by Crippen LogP contribution is 2.16. The standard InChI is InChI=1S/C20H22FNO3/c1-24-20(23)17-7-5-15(6-8-17)13-22-9-10-25-19(14-22)12-16-3-2-4-18(21)11-16/h2-8,11,19H,9-10,12-14H2,1H3. The average molecular weight is 343 g/mol. The zero-order valence-electron chi connectivity index (χ0n) is 14.3. The van der Waals surface area contributed by atoms with Crippen molar-refractivity contribution < 1.29 is 18.7 Å². The Hall–Kier alpha value is -2.24. The highest BCUT2D eigenvalue weighted by Gasteiger charge is 2.21. The second-order valence-electron chi connectivity index (χ2n) is 6.25. The number of halogens is 1. The first kappa shape index (κ1) is 17.6. The lowest BCUT2D eigenvalue weighted by Crippen LogP contribution is -2.42. The molecule has 1 unspecified atom stereocenters. The van der Waals surface area contributed by atoms with E-state index in [0.717, 1.165) is 30.8 Å². The molecule has 0 amide bonds. The lowest BCUT2D eigenvalue weighted by atomic mass is 10.1. The van der Waals surface area contributed by atoms with Gasteiger partial charge in [-0.1, -0.05) is 24.3 Å². The molecule has 1 heterocycles. The van der Waals surface area contributed by atoms with Gasteiger partial charge in [0.05, 0.1) is 25.4 Å². The van der Waals surface area contributed by atoms with E-state index in [1.54, 1.807) is 24.3 Å². The van der Waals surface area contributed by atoms with Crippen molar-refractivity contribution >= 4 is 5.97 Å². The molecule has 0 saturated carbocycles. The molecule has 2 aromatic carbocycles. The molecule has 4 nitrogen and oxygen atoms in total. The van der Waals surface area contributed by atoms with Gasteiger partial charge in [-0.25, -0.2) is 9.18 Å². The van der Waals surface area contributed by atoms with Crippen LogP contribution in [-0.2, 0) is 22.4 Å². The van der Waals surface area contributed by atoms with Crippen LogP contribution < -0.4 is 0 Å². The molecule has 2 aromatic rings. The van der Waals surface area contributed by atoms with Crippen molar-refractivity contribution in [3.8, 4) is 0 Å². The summed E-state index contributed by atoms with van der Waals surface area (Å²) in [4.78, 5) is 13.8. The van der Waals surface area contributed by atoms with Gasteiger partial charge in [-0.3, -0.25) is 4.90 Å². The Bertz CT molecular complexity index is 717. The average Bonchev–Trinajstić information content (AvgIpc) is 2.62. The number of ether oxygens (including phenoxy) is 2. The van der Waals surface area contributed by atoms with Crippen LogP contribution in [-0.4, -0.2) is 43.8 Å². The Labute approximate surface area is 147 Å². The maximum Gasteiger partial charge on any atom is 0.337 e. The molecule has 1 aliphatic rings. The van der Waals surface area contributed by atoms with Crippen LogP contribution in [0.4, 0.5) is 4.39 Å². The Morgan fingerprint density at radius 2 is 2.04 bits per heavy atom. The Morgan fingerprint density at radius 1 is 1.24 bits per heavy atom. The molecule has 0 aliphatic carbocycles. The SMILES string of the molecule is COC(=O)c1ccc(CN2CCOC(Cc3cccc(F)c3)C2)cc1. The Kier molecular flexibility index (Phi) is 5.79. The predicted molar refractivity (Wildman–Crippen MR) is 92.9 cm³/mol. The number of rotatable bonds is 5. The summed E-state index contributed by atoms with van der Waals surface area (Å²) in [6.45, 7) is 3.12. The van der Waals surface area contributed by atoms with Crippen LogP contribution in [0.2, 0.25) is 0 Å². The maximum atomic E-state index is 13.3. The van der Waals surface area contributed by atoms with Gasteiger partial charge in [-0.15, -0.1) is 0 Å². The molecular weight excluding hydrogens is 321 g/mol. The van der Waals surface area contributed by atoms with Crippen LogP contribution >= 0.6 is 0 Å². The van der Waals surface area contributed by atoms with Crippen LogP contribution in [0.15, 0.2) is 48.5 Å². The number of hydrogen-bond acceptors (Lipinski definition) is 4. The van der Waals surface area contributed by atoms with Gasteiger partial charge in [0.2, 0.25) is 0 Å². The lowest BCUT2D eigenvalue weighted by molar-refractivity contribution is -0.0305. The zero-order chi connectivity index (χ0) is 17.6. The summed E-state index contributed by atoms with van der Waals surface area (Å²) in [7, 11) is 1.38. The molecule has 5 heteroatoms. The first-order chi connectivity index (χ1) is 12.1. The third kappa shape index (κ3) is 4.87. The van der Waals surface area contributed by atoms with Crippen molar-refractivity contribution in [2.45, 2.75) is 19.1 Å². The first-order valence-corrected chi connectivity index (χ1v) is 8.39. The lowest BCUT2D eigenvalue weighted by Gasteiger charge is -2.33. The molecule has 132 valence electrons. The van der Waals surface area contributed by atoms with E-state index >= 15 is 0 Å². The van der Waals surface area contributed by atoms with E-state index in [0.29, 0.717) is 18.6 Å². The highest BCUT2D eigenvalue weighted by atomic mass is 19.1. The van der Waals surface area contributed by atoms with Crippen molar-refractivity contribution in [1.82, 2.24) is 4.90 Å². The van der Waals surface area contributed by atoms with Crippen LogP contribution in [0.1, 0.15) is 21.5 Å². The molecule has 1 saturated heterocycles. The minimum Gasteiger partial charge on any atom is -0.465 e.